The number of hydrogen-bond donors (Lipinski definition) is 0. The van der Waals surface area contributed by atoms with Gasteiger partial charge < -0.3 is 4.74 Å². The van der Waals surface area contributed by atoms with Gasteiger partial charge in [-0.05, 0) is 11.1 Å². The van der Waals surface area contributed by atoms with E-state index >= 15 is 0 Å². The fourth-order valence-corrected chi connectivity index (χ4v) is 3.86. The molecule has 1 saturated heterocycles. The molecule has 2 aromatic rings. The van der Waals surface area contributed by atoms with Gasteiger partial charge in [0.1, 0.15) is 5.25 Å². The molecule has 0 aromatic heterocycles. The van der Waals surface area contributed by atoms with Gasteiger partial charge in [0, 0.05) is 0 Å². The standard InChI is InChI=1S/C16H14O2S/c1-18-15(17)14-16(19-14,12-8-4-2-5-9-12)13-10-6-3-7-11-13/h2-11,14H,1H3. The van der Waals surface area contributed by atoms with Crippen LogP contribution < -0.4 is 0 Å². The van der Waals surface area contributed by atoms with Gasteiger partial charge in [-0.1, -0.05) is 60.7 Å². The molecular formula is C16H14O2S. The van der Waals surface area contributed by atoms with Crippen molar-refractivity contribution in [2.45, 2.75) is 10.00 Å². The Hall–Kier alpha value is -1.74. The van der Waals surface area contributed by atoms with Crippen LogP contribution in [0.25, 0.3) is 0 Å². The first kappa shape index (κ1) is 12.3. The monoisotopic (exact) mass is 270 g/mol. The van der Waals surface area contributed by atoms with Gasteiger partial charge in [0.05, 0.1) is 11.9 Å². The summed E-state index contributed by atoms with van der Waals surface area (Å²) in [5, 5.41) is -0.151. The Bertz CT molecular complexity index is 541. The molecular weight excluding hydrogens is 256 g/mol. The minimum atomic E-state index is -0.282. The Morgan fingerprint density at radius 1 is 1.00 bits per heavy atom. The van der Waals surface area contributed by atoms with E-state index in [0.717, 1.165) is 11.1 Å². The third kappa shape index (κ3) is 1.94. The van der Waals surface area contributed by atoms with Crippen molar-refractivity contribution in [3.05, 3.63) is 71.8 Å². The van der Waals surface area contributed by atoms with Crippen LogP contribution in [0.5, 0.6) is 0 Å². The number of esters is 1. The second-order valence-electron chi connectivity index (χ2n) is 4.49. The molecule has 3 heteroatoms. The second kappa shape index (κ2) is 4.74. The van der Waals surface area contributed by atoms with Crippen LogP contribution in [0.15, 0.2) is 60.7 Å². The SMILES string of the molecule is COC(=O)C1SC1(c1ccccc1)c1ccccc1. The minimum absolute atomic E-state index is 0.151. The Labute approximate surface area is 116 Å². The largest absolute Gasteiger partial charge is 0.468 e. The predicted molar refractivity (Wildman–Crippen MR) is 77.1 cm³/mol. The minimum Gasteiger partial charge on any atom is -0.468 e. The highest BCUT2D eigenvalue weighted by Gasteiger charge is 2.62. The maximum atomic E-state index is 11.9. The van der Waals surface area contributed by atoms with Crippen LogP contribution in [-0.2, 0) is 14.3 Å². The summed E-state index contributed by atoms with van der Waals surface area (Å²) in [7, 11) is 1.45. The third-order valence-electron chi connectivity index (χ3n) is 3.44. The summed E-state index contributed by atoms with van der Waals surface area (Å²) in [4.78, 5) is 11.9. The fraction of sp³-hybridized carbons (Fsp3) is 0.188. The van der Waals surface area contributed by atoms with Gasteiger partial charge in [-0.15, -0.1) is 11.8 Å². The van der Waals surface area contributed by atoms with Crippen LogP contribution in [0.3, 0.4) is 0 Å². The Morgan fingerprint density at radius 3 is 1.89 bits per heavy atom. The van der Waals surface area contributed by atoms with Gasteiger partial charge in [0.2, 0.25) is 0 Å². The number of methoxy groups -OCH3 is 1. The number of thioether (sulfide) groups is 1. The summed E-state index contributed by atoms with van der Waals surface area (Å²) in [5.41, 5.74) is 2.31. The van der Waals surface area contributed by atoms with Gasteiger partial charge in [0.15, 0.2) is 0 Å². The lowest BCUT2D eigenvalue weighted by molar-refractivity contribution is -0.139. The zero-order valence-electron chi connectivity index (χ0n) is 10.6. The topological polar surface area (TPSA) is 26.3 Å². The number of benzene rings is 2. The van der Waals surface area contributed by atoms with E-state index in [0.29, 0.717) is 0 Å². The molecule has 2 aromatic carbocycles. The molecule has 0 amide bonds. The van der Waals surface area contributed by atoms with Gasteiger partial charge in [-0.2, -0.15) is 0 Å². The summed E-state index contributed by atoms with van der Waals surface area (Å²) in [6, 6.07) is 20.3. The van der Waals surface area contributed by atoms with E-state index < -0.39 is 0 Å². The summed E-state index contributed by atoms with van der Waals surface area (Å²) < 4.78 is 4.63. The van der Waals surface area contributed by atoms with E-state index in [2.05, 4.69) is 24.3 Å². The first-order valence-electron chi connectivity index (χ1n) is 6.16. The molecule has 0 radical (unpaired) electrons. The lowest BCUT2D eigenvalue weighted by Gasteiger charge is -2.16. The Kier molecular flexibility index (Phi) is 3.07. The van der Waals surface area contributed by atoms with Crippen molar-refractivity contribution >= 4 is 17.7 Å². The molecule has 1 aliphatic heterocycles. The molecule has 3 rings (SSSR count). The molecule has 1 heterocycles. The summed E-state index contributed by atoms with van der Waals surface area (Å²) in [6.07, 6.45) is 0. The molecule has 1 unspecified atom stereocenters. The van der Waals surface area contributed by atoms with Crippen LogP contribution in [-0.4, -0.2) is 18.3 Å². The van der Waals surface area contributed by atoms with Gasteiger partial charge in [-0.25, -0.2) is 0 Å². The van der Waals surface area contributed by atoms with Crippen molar-refractivity contribution in [2.75, 3.05) is 7.11 Å². The molecule has 0 N–H and O–H groups in total. The molecule has 0 bridgehead atoms. The fourth-order valence-electron chi connectivity index (χ4n) is 2.45. The van der Waals surface area contributed by atoms with Crippen molar-refractivity contribution in [3.63, 3.8) is 0 Å². The number of carbonyl (C=O) groups is 1. The molecule has 0 saturated carbocycles. The van der Waals surface area contributed by atoms with E-state index in [4.69, 9.17) is 4.74 Å². The lowest BCUT2D eigenvalue weighted by atomic mass is 9.88. The zero-order chi connectivity index (χ0) is 13.3. The number of hydrogen-bond acceptors (Lipinski definition) is 3. The smallest absolute Gasteiger partial charge is 0.320 e. The van der Waals surface area contributed by atoms with Gasteiger partial charge in [0.25, 0.3) is 0 Å². The number of ether oxygens (including phenoxy) is 1. The van der Waals surface area contributed by atoms with Crippen molar-refractivity contribution in [3.8, 4) is 0 Å². The van der Waals surface area contributed by atoms with Crippen molar-refractivity contribution in [1.82, 2.24) is 0 Å². The van der Waals surface area contributed by atoms with Crippen molar-refractivity contribution in [1.29, 1.82) is 0 Å². The Morgan fingerprint density at radius 2 is 1.47 bits per heavy atom. The van der Waals surface area contributed by atoms with E-state index in [1.54, 1.807) is 11.8 Å². The molecule has 1 atom stereocenters. The normalized spacial score (nSPS) is 19.7. The quantitative estimate of drug-likeness (QED) is 0.633. The van der Waals surface area contributed by atoms with Crippen LogP contribution in [0.1, 0.15) is 11.1 Å². The van der Waals surface area contributed by atoms with Crippen molar-refractivity contribution < 1.29 is 9.53 Å². The summed E-state index contributed by atoms with van der Waals surface area (Å²) in [6.45, 7) is 0. The number of carbonyl (C=O) groups excluding carboxylic acids is 1. The number of rotatable bonds is 3. The van der Waals surface area contributed by atoms with Crippen LogP contribution in [0, 0.1) is 0 Å². The van der Waals surface area contributed by atoms with Crippen molar-refractivity contribution in [2.24, 2.45) is 0 Å². The average molecular weight is 270 g/mol. The average Bonchev–Trinajstić information content (AvgIpc) is 3.25. The second-order valence-corrected chi connectivity index (χ2v) is 5.84. The van der Waals surface area contributed by atoms with E-state index in [1.807, 2.05) is 36.4 Å². The molecule has 2 nitrogen and oxygen atoms in total. The highest BCUT2D eigenvalue weighted by Crippen LogP contribution is 2.65. The van der Waals surface area contributed by atoms with E-state index in [-0.39, 0.29) is 16.0 Å². The lowest BCUT2D eigenvalue weighted by Crippen LogP contribution is -2.21. The first-order valence-corrected chi connectivity index (χ1v) is 7.03. The highest BCUT2D eigenvalue weighted by atomic mass is 32.2. The molecule has 19 heavy (non-hydrogen) atoms. The first-order chi connectivity index (χ1) is 9.29. The highest BCUT2D eigenvalue weighted by molar-refractivity contribution is 8.09. The molecule has 0 aliphatic carbocycles. The van der Waals surface area contributed by atoms with Crippen LogP contribution in [0.4, 0.5) is 0 Å². The zero-order valence-corrected chi connectivity index (χ0v) is 11.4. The molecule has 1 aliphatic rings. The molecule has 96 valence electrons. The summed E-state index contributed by atoms with van der Waals surface area (Å²) in [5.74, 6) is -0.155. The van der Waals surface area contributed by atoms with E-state index in [9.17, 15) is 4.79 Å². The van der Waals surface area contributed by atoms with Gasteiger partial charge >= 0.3 is 5.97 Å². The summed E-state index contributed by atoms with van der Waals surface area (Å²) >= 11 is 1.65. The maximum absolute atomic E-state index is 11.9. The van der Waals surface area contributed by atoms with Crippen LogP contribution in [0.2, 0.25) is 0 Å². The van der Waals surface area contributed by atoms with E-state index in [1.165, 1.54) is 7.11 Å². The Balaban J connectivity index is 2.07. The maximum Gasteiger partial charge on any atom is 0.320 e. The third-order valence-corrected chi connectivity index (χ3v) is 5.04. The van der Waals surface area contributed by atoms with Crippen LogP contribution >= 0.6 is 11.8 Å². The molecule has 1 fully saturated rings. The van der Waals surface area contributed by atoms with Gasteiger partial charge in [-0.3, -0.25) is 4.79 Å². The molecule has 0 spiro atoms. The predicted octanol–water partition coefficient (Wildman–Crippen LogP) is 3.22.